The molecular formula is C27H35Cl2N5O6S. The van der Waals surface area contributed by atoms with Gasteiger partial charge >= 0.3 is 0 Å². The summed E-state index contributed by atoms with van der Waals surface area (Å²) >= 11 is 12.8. The van der Waals surface area contributed by atoms with Crippen LogP contribution in [0.3, 0.4) is 0 Å². The average Bonchev–Trinajstić information content (AvgIpc) is 3.42. The van der Waals surface area contributed by atoms with Crippen molar-refractivity contribution in [3.05, 3.63) is 75.0 Å². The molecule has 224 valence electrons. The second kappa shape index (κ2) is 15.4. The molecule has 1 aliphatic heterocycles. The minimum absolute atomic E-state index is 0.0578. The Labute approximate surface area is 250 Å². The van der Waals surface area contributed by atoms with Gasteiger partial charge in [-0.05, 0) is 48.0 Å². The largest absolute Gasteiger partial charge is 0.390 e. The number of fused-ring (bicyclic) bond motifs is 1. The molecule has 3 aromatic rings. The maximum Gasteiger partial charge on any atom is 0.240 e. The molecule has 2 heterocycles. The highest BCUT2D eigenvalue weighted by molar-refractivity contribution is 7.89. The predicted octanol–water partition coefficient (Wildman–Crippen LogP) is 2.68. The fourth-order valence-corrected chi connectivity index (χ4v) is 6.22. The van der Waals surface area contributed by atoms with Crippen LogP contribution in [0.2, 0.25) is 10.0 Å². The van der Waals surface area contributed by atoms with Crippen LogP contribution in [0.4, 0.5) is 0 Å². The van der Waals surface area contributed by atoms with Crippen molar-refractivity contribution in [1.29, 1.82) is 0 Å². The lowest BCUT2D eigenvalue weighted by Crippen LogP contribution is -2.31. The first kappa shape index (κ1) is 31.8. The number of aromatic nitrogens is 3. The van der Waals surface area contributed by atoms with E-state index in [-0.39, 0.29) is 30.6 Å². The summed E-state index contributed by atoms with van der Waals surface area (Å²) in [5.74, 6) is -0.0578. The van der Waals surface area contributed by atoms with Gasteiger partial charge in [-0.15, -0.1) is 5.10 Å². The molecule has 0 amide bonds. The molecule has 0 fully saturated rings. The molecule has 2 aromatic carbocycles. The summed E-state index contributed by atoms with van der Waals surface area (Å²) in [6.07, 6.45) is 1.66. The average molecular weight is 629 g/mol. The van der Waals surface area contributed by atoms with E-state index in [4.69, 9.17) is 42.5 Å². The molecule has 1 atom stereocenters. The molecule has 0 saturated carbocycles. The van der Waals surface area contributed by atoms with Crippen LogP contribution >= 0.6 is 23.2 Å². The van der Waals surface area contributed by atoms with Crippen molar-refractivity contribution in [2.75, 3.05) is 59.8 Å². The topological polar surface area (TPSA) is 128 Å². The summed E-state index contributed by atoms with van der Waals surface area (Å²) in [5, 5.41) is 17.8. The van der Waals surface area contributed by atoms with E-state index in [0.717, 1.165) is 23.2 Å². The Hall–Kier alpha value is -2.13. The third-order valence-electron chi connectivity index (χ3n) is 6.56. The number of hydrogen-bond donors (Lipinski definition) is 2. The Kier molecular flexibility index (Phi) is 11.9. The zero-order valence-corrected chi connectivity index (χ0v) is 25.2. The van der Waals surface area contributed by atoms with Crippen molar-refractivity contribution in [1.82, 2.24) is 24.6 Å². The van der Waals surface area contributed by atoms with Gasteiger partial charge in [0.1, 0.15) is 5.69 Å². The van der Waals surface area contributed by atoms with Crippen LogP contribution in [-0.4, -0.2) is 93.2 Å². The number of aliphatic hydroxyl groups excluding tert-OH is 1. The van der Waals surface area contributed by atoms with Crippen LogP contribution in [0.25, 0.3) is 0 Å². The van der Waals surface area contributed by atoms with Gasteiger partial charge in [0, 0.05) is 35.6 Å². The van der Waals surface area contributed by atoms with E-state index in [1.165, 1.54) is 0 Å². The second-order valence-corrected chi connectivity index (χ2v) is 12.3. The monoisotopic (exact) mass is 627 g/mol. The smallest absolute Gasteiger partial charge is 0.240 e. The molecule has 41 heavy (non-hydrogen) atoms. The van der Waals surface area contributed by atoms with E-state index >= 15 is 0 Å². The molecule has 4 rings (SSSR count). The van der Waals surface area contributed by atoms with Gasteiger partial charge in [0.05, 0.1) is 63.9 Å². The summed E-state index contributed by atoms with van der Waals surface area (Å²) in [7, 11) is -1.71. The zero-order valence-electron chi connectivity index (χ0n) is 22.8. The van der Waals surface area contributed by atoms with Crippen LogP contribution in [0.5, 0.6) is 0 Å². The number of hydrogen-bond acceptors (Lipinski definition) is 9. The molecule has 0 spiro atoms. The minimum Gasteiger partial charge on any atom is -0.390 e. The molecular weight excluding hydrogens is 593 g/mol. The summed E-state index contributed by atoms with van der Waals surface area (Å²) < 4.78 is 46.6. The summed E-state index contributed by atoms with van der Waals surface area (Å²) in [5.41, 5.74) is 3.43. The minimum atomic E-state index is -3.73. The highest BCUT2D eigenvalue weighted by Gasteiger charge is 2.28. The molecule has 0 aliphatic carbocycles. The number of likely N-dealkylation sites (N-methyl/N-ethyl adjacent to an activating group) is 1. The van der Waals surface area contributed by atoms with Gasteiger partial charge in [-0.25, -0.2) is 17.8 Å². The quantitative estimate of drug-likeness (QED) is 0.230. The third-order valence-corrected chi connectivity index (χ3v) is 8.57. The van der Waals surface area contributed by atoms with Crippen molar-refractivity contribution in [3.8, 4) is 0 Å². The maximum atomic E-state index is 13.0. The van der Waals surface area contributed by atoms with E-state index in [9.17, 15) is 8.42 Å². The van der Waals surface area contributed by atoms with Crippen LogP contribution < -0.4 is 4.72 Å². The molecule has 1 unspecified atom stereocenters. The Morgan fingerprint density at radius 2 is 1.78 bits per heavy atom. The number of halogens is 2. The second-order valence-electron chi connectivity index (χ2n) is 9.64. The number of aliphatic hydroxyl groups is 1. The molecule has 14 heteroatoms. The van der Waals surface area contributed by atoms with E-state index in [0.29, 0.717) is 61.9 Å². The highest BCUT2D eigenvalue weighted by atomic mass is 35.5. The Balaban J connectivity index is 1.15. The number of ether oxygens (including phenoxy) is 3. The van der Waals surface area contributed by atoms with E-state index in [1.807, 2.05) is 19.2 Å². The predicted molar refractivity (Wildman–Crippen MR) is 155 cm³/mol. The number of nitrogens with one attached hydrogen (secondary N) is 1. The van der Waals surface area contributed by atoms with Crippen molar-refractivity contribution < 1.29 is 27.7 Å². The van der Waals surface area contributed by atoms with E-state index < -0.39 is 10.0 Å². The van der Waals surface area contributed by atoms with Gasteiger partial charge in [-0.1, -0.05) is 40.5 Å². The maximum absolute atomic E-state index is 13.0. The lowest BCUT2D eigenvalue weighted by atomic mass is 9.85. The number of nitrogens with zero attached hydrogens (tertiary/aromatic N) is 4. The van der Waals surface area contributed by atoms with Crippen molar-refractivity contribution >= 4 is 33.2 Å². The molecule has 1 aromatic heterocycles. The molecule has 0 bridgehead atoms. The first-order valence-corrected chi connectivity index (χ1v) is 15.5. The van der Waals surface area contributed by atoms with Gasteiger partial charge in [0.2, 0.25) is 10.0 Å². The van der Waals surface area contributed by atoms with Gasteiger partial charge in [0.25, 0.3) is 0 Å². The van der Waals surface area contributed by atoms with Crippen LogP contribution in [-0.2, 0) is 43.9 Å². The van der Waals surface area contributed by atoms with Crippen LogP contribution in [0, 0.1) is 0 Å². The van der Waals surface area contributed by atoms with Crippen molar-refractivity contribution in [2.24, 2.45) is 0 Å². The zero-order chi connectivity index (χ0) is 29.2. The first-order chi connectivity index (χ1) is 19.8. The van der Waals surface area contributed by atoms with Gasteiger partial charge in [-0.2, -0.15) is 0 Å². The Morgan fingerprint density at radius 3 is 2.51 bits per heavy atom. The Morgan fingerprint density at radius 1 is 1.05 bits per heavy atom. The normalized spacial score (nSPS) is 15.8. The molecule has 11 nitrogen and oxygen atoms in total. The fourth-order valence-electron chi connectivity index (χ4n) is 4.58. The van der Waals surface area contributed by atoms with Crippen molar-refractivity contribution in [2.45, 2.75) is 30.5 Å². The summed E-state index contributed by atoms with van der Waals surface area (Å²) in [4.78, 5) is 2.36. The summed E-state index contributed by atoms with van der Waals surface area (Å²) in [6.45, 7) is 4.14. The van der Waals surface area contributed by atoms with E-state index in [1.54, 1.807) is 35.1 Å². The summed E-state index contributed by atoms with van der Waals surface area (Å²) in [6, 6.07) is 10.6. The van der Waals surface area contributed by atoms with Gasteiger partial charge < -0.3 is 24.2 Å². The first-order valence-electron chi connectivity index (χ1n) is 13.3. The SMILES string of the molecule is CN1Cc2c(Cl)cc(Cl)cc2C(c2cccc(S(=O)(=O)NCCOCCOCCOCCn3cc(CO)nn3)c2)C1. The molecule has 1 aliphatic rings. The lowest BCUT2D eigenvalue weighted by Gasteiger charge is -2.33. The third kappa shape index (κ3) is 9.18. The Bertz CT molecular complexity index is 1390. The molecule has 2 N–H and O–H groups in total. The number of benzene rings is 2. The highest BCUT2D eigenvalue weighted by Crippen LogP contribution is 2.38. The van der Waals surface area contributed by atoms with Crippen LogP contribution in [0.15, 0.2) is 47.5 Å². The molecule has 0 radical (unpaired) electrons. The van der Waals surface area contributed by atoms with Gasteiger partial charge in [0.15, 0.2) is 0 Å². The van der Waals surface area contributed by atoms with E-state index in [2.05, 4.69) is 19.9 Å². The van der Waals surface area contributed by atoms with Gasteiger partial charge in [-0.3, -0.25) is 0 Å². The molecule has 0 saturated heterocycles. The standard InChI is InChI=1S/C27H35Cl2N5O6S/c1-33-17-25(24-14-21(28)15-27(29)26(24)18-33)20-3-2-4-23(13-20)41(36,37)30-5-7-38-9-11-40-12-10-39-8-6-34-16-22(19-35)31-32-34/h2-4,13-16,25,30,35H,5-12,17-19H2,1H3. The fraction of sp³-hybridized carbons (Fsp3) is 0.481. The van der Waals surface area contributed by atoms with Crippen LogP contribution in [0.1, 0.15) is 28.3 Å². The lowest BCUT2D eigenvalue weighted by molar-refractivity contribution is 0.0138. The number of rotatable bonds is 16. The van der Waals surface area contributed by atoms with Crippen molar-refractivity contribution in [3.63, 3.8) is 0 Å². The number of sulfonamides is 1.